The van der Waals surface area contributed by atoms with Gasteiger partial charge in [-0.05, 0) is 31.5 Å². The van der Waals surface area contributed by atoms with E-state index in [1.165, 1.54) is 10.7 Å². The van der Waals surface area contributed by atoms with Crippen LogP contribution in [0.1, 0.15) is 24.0 Å². The Labute approximate surface area is 173 Å². The van der Waals surface area contributed by atoms with Gasteiger partial charge in [-0.3, -0.25) is 5.10 Å². The van der Waals surface area contributed by atoms with Crippen LogP contribution in [-0.4, -0.2) is 48.9 Å². The van der Waals surface area contributed by atoms with Crippen molar-refractivity contribution in [3.63, 3.8) is 0 Å². The summed E-state index contributed by atoms with van der Waals surface area (Å²) in [7, 11) is 0. The predicted octanol–water partition coefficient (Wildman–Crippen LogP) is 2.72. The molecule has 5 rings (SSSR count). The summed E-state index contributed by atoms with van der Waals surface area (Å²) in [6.45, 7) is 1.59. The summed E-state index contributed by atoms with van der Waals surface area (Å²) in [4.78, 5) is 8.10. The number of aromatic amines is 1. The first-order valence-corrected chi connectivity index (χ1v) is 9.62. The molecular formula is C19H16F3N9. The number of anilines is 1. The molecule has 1 atom stereocenters. The molecule has 0 radical (unpaired) electrons. The molecule has 0 spiro atoms. The fraction of sp³-hybridized carbons (Fsp3) is 0.316. The minimum Gasteiger partial charge on any atom is -0.350 e. The lowest BCUT2D eigenvalue weighted by Crippen LogP contribution is -2.38. The SMILES string of the molecule is N#Cc1ccc2c3c(-c4nc(N[C@H]5CCCNC5)ncc4C(F)(F)F)n[nH]c3nn2c1. The van der Waals surface area contributed by atoms with E-state index in [9.17, 15) is 13.2 Å². The zero-order valence-corrected chi connectivity index (χ0v) is 16.0. The molecule has 1 saturated heterocycles. The van der Waals surface area contributed by atoms with E-state index >= 15 is 0 Å². The Balaban J connectivity index is 1.66. The third-order valence-electron chi connectivity index (χ3n) is 5.22. The Morgan fingerprint density at radius 3 is 2.87 bits per heavy atom. The largest absolute Gasteiger partial charge is 0.420 e. The average Bonchev–Trinajstić information content (AvgIpc) is 3.32. The molecule has 0 aliphatic carbocycles. The summed E-state index contributed by atoms with van der Waals surface area (Å²) in [5.74, 6) is 0.107. The average molecular weight is 427 g/mol. The highest BCUT2D eigenvalue weighted by Gasteiger charge is 2.37. The van der Waals surface area contributed by atoms with E-state index < -0.39 is 11.7 Å². The molecule has 9 nitrogen and oxygen atoms in total. The number of alkyl halides is 3. The minimum atomic E-state index is -4.66. The van der Waals surface area contributed by atoms with Gasteiger partial charge in [0.15, 0.2) is 5.65 Å². The summed E-state index contributed by atoms with van der Waals surface area (Å²) in [5, 5.41) is 26.8. The number of fused-ring (bicyclic) bond motifs is 3. The second-order valence-corrected chi connectivity index (χ2v) is 7.30. The van der Waals surface area contributed by atoms with E-state index in [1.54, 1.807) is 12.1 Å². The second kappa shape index (κ2) is 7.21. The van der Waals surface area contributed by atoms with Crippen LogP contribution in [0.5, 0.6) is 0 Å². The van der Waals surface area contributed by atoms with Gasteiger partial charge in [-0.1, -0.05) is 0 Å². The van der Waals surface area contributed by atoms with Gasteiger partial charge in [0.25, 0.3) is 0 Å². The Hall–Kier alpha value is -3.72. The van der Waals surface area contributed by atoms with Crippen molar-refractivity contribution in [1.29, 1.82) is 5.26 Å². The zero-order chi connectivity index (χ0) is 21.6. The van der Waals surface area contributed by atoms with E-state index in [1.807, 2.05) is 6.07 Å². The van der Waals surface area contributed by atoms with Crippen LogP contribution in [0.25, 0.3) is 27.9 Å². The number of aromatic nitrogens is 6. The molecule has 0 saturated carbocycles. The van der Waals surface area contributed by atoms with Crippen LogP contribution < -0.4 is 10.6 Å². The topological polar surface area (TPSA) is 120 Å². The van der Waals surface area contributed by atoms with Gasteiger partial charge in [-0.2, -0.15) is 23.5 Å². The molecule has 1 aliphatic heterocycles. The van der Waals surface area contributed by atoms with E-state index in [4.69, 9.17) is 5.26 Å². The summed E-state index contributed by atoms with van der Waals surface area (Å²) in [6.07, 6.45) is -0.559. The number of piperidine rings is 1. The van der Waals surface area contributed by atoms with Crippen molar-refractivity contribution in [2.75, 3.05) is 18.4 Å². The van der Waals surface area contributed by atoms with E-state index in [0.717, 1.165) is 25.6 Å². The van der Waals surface area contributed by atoms with Crippen molar-refractivity contribution in [2.45, 2.75) is 25.1 Å². The molecule has 0 amide bonds. The fourth-order valence-corrected chi connectivity index (χ4v) is 3.76. The number of rotatable bonds is 3. The molecule has 0 aromatic carbocycles. The maximum atomic E-state index is 13.8. The van der Waals surface area contributed by atoms with E-state index in [-0.39, 0.29) is 23.4 Å². The van der Waals surface area contributed by atoms with Crippen LogP contribution >= 0.6 is 0 Å². The first-order valence-electron chi connectivity index (χ1n) is 9.62. The molecule has 0 bridgehead atoms. The van der Waals surface area contributed by atoms with Gasteiger partial charge in [-0.25, -0.2) is 14.5 Å². The molecule has 0 unspecified atom stereocenters. The minimum absolute atomic E-state index is 0.0225. The van der Waals surface area contributed by atoms with Gasteiger partial charge in [-0.15, -0.1) is 5.10 Å². The summed E-state index contributed by atoms with van der Waals surface area (Å²) in [6, 6.07) is 5.22. The molecular weight excluding hydrogens is 411 g/mol. The highest BCUT2D eigenvalue weighted by atomic mass is 19.4. The summed E-state index contributed by atoms with van der Waals surface area (Å²) in [5.41, 5.74) is -0.120. The van der Waals surface area contributed by atoms with Crippen molar-refractivity contribution in [1.82, 2.24) is 35.1 Å². The number of halogens is 3. The highest BCUT2D eigenvalue weighted by Crippen LogP contribution is 2.38. The van der Waals surface area contributed by atoms with Gasteiger partial charge in [0.05, 0.1) is 16.5 Å². The zero-order valence-electron chi connectivity index (χ0n) is 16.0. The number of pyridine rings is 1. The number of nitriles is 1. The van der Waals surface area contributed by atoms with E-state index in [0.29, 0.717) is 28.7 Å². The van der Waals surface area contributed by atoms with Crippen LogP contribution in [0.3, 0.4) is 0 Å². The molecule has 12 heteroatoms. The lowest BCUT2D eigenvalue weighted by molar-refractivity contribution is -0.137. The van der Waals surface area contributed by atoms with Crippen LogP contribution in [0.4, 0.5) is 19.1 Å². The summed E-state index contributed by atoms with van der Waals surface area (Å²) >= 11 is 0. The van der Waals surface area contributed by atoms with Crippen molar-refractivity contribution in [2.24, 2.45) is 0 Å². The molecule has 1 aliphatic rings. The normalized spacial score (nSPS) is 17.2. The number of nitrogens with one attached hydrogen (secondary N) is 3. The standard InChI is InChI=1S/C19H16F3N9/c20-19(21,22)12-8-25-18(26-11-2-1-5-24-7-11)27-15(12)16-14-13-4-3-10(6-23)9-31(13)30-17(14)29-28-16/h3-4,8-9,11,24H,1-2,5,7H2,(H,29,30)(H,25,26,27)/t11-/m0/s1. The van der Waals surface area contributed by atoms with Gasteiger partial charge >= 0.3 is 6.18 Å². The molecule has 4 aromatic rings. The van der Waals surface area contributed by atoms with Crippen molar-refractivity contribution < 1.29 is 13.2 Å². The van der Waals surface area contributed by atoms with Crippen LogP contribution in [0.2, 0.25) is 0 Å². The Morgan fingerprint density at radius 1 is 1.26 bits per heavy atom. The van der Waals surface area contributed by atoms with Gasteiger partial charge in [0.1, 0.15) is 23.0 Å². The Kier molecular flexibility index (Phi) is 4.48. The van der Waals surface area contributed by atoms with Crippen molar-refractivity contribution in [3.8, 4) is 17.5 Å². The first-order chi connectivity index (χ1) is 14.9. The molecule has 1 fully saturated rings. The number of nitrogens with zero attached hydrogens (tertiary/aromatic N) is 6. The fourth-order valence-electron chi connectivity index (χ4n) is 3.76. The second-order valence-electron chi connectivity index (χ2n) is 7.30. The lowest BCUT2D eigenvalue weighted by atomic mass is 10.1. The third kappa shape index (κ3) is 3.42. The smallest absolute Gasteiger partial charge is 0.350 e. The molecule has 31 heavy (non-hydrogen) atoms. The highest BCUT2D eigenvalue weighted by molar-refractivity contribution is 6.02. The van der Waals surface area contributed by atoms with Crippen molar-refractivity contribution in [3.05, 3.63) is 35.7 Å². The number of hydrogen-bond donors (Lipinski definition) is 3. The molecule has 158 valence electrons. The van der Waals surface area contributed by atoms with Gasteiger partial charge in [0.2, 0.25) is 5.95 Å². The van der Waals surface area contributed by atoms with Crippen LogP contribution in [0.15, 0.2) is 24.5 Å². The van der Waals surface area contributed by atoms with Crippen LogP contribution in [0, 0.1) is 11.3 Å². The number of H-pyrrole nitrogens is 1. The third-order valence-corrected chi connectivity index (χ3v) is 5.22. The van der Waals surface area contributed by atoms with Crippen LogP contribution in [-0.2, 0) is 6.18 Å². The van der Waals surface area contributed by atoms with Crippen molar-refractivity contribution >= 4 is 22.5 Å². The van der Waals surface area contributed by atoms with Gasteiger partial charge in [0, 0.05) is 25.0 Å². The van der Waals surface area contributed by atoms with E-state index in [2.05, 4.69) is 35.9 Å². The Bertz CT molecular complexity index is 1310. The monoisotopic (exact) mass is 427 g/mol. The first kappa shape index (κ1) is 19.3. The number of hydrogen-bond acceptors (Lipinski definition) is 7. The lowest BCUT2D eigenvalue weighted by Gasteiger charge is -2.24. The molecule has 4 aromatic heterocycles. The summed E-state index contributed by atoms with van der Waals surface area (Å²) < 4.78 is 42.7. The van der Waals surface area contributed by atoms with Gasteiger partial charge < -0.3 is 10.6 Å². The molecule has 3 N–H and O–H groups in total. The quantitative estimate of drug-likeness (QED) is 0.460. The maximum absolute atomic E-state index is 13.8. The molecule has 5 heterocycles. The predicted molar refractivity (Wildman–Crippen MR) is 105 cm³/mol. The maximum Gasteiger partial charge on any atom is 0.420 e. The Morgan fingerprint density at radius 2 is 2.13 bits per heavy atom.